The van der Waals surface area contributed by atoms with Gasteiger partial charge in [0.25, 0.3) is 0 Å². The molecule has 0 bridgehead atoms. The van der Waals surface area contributed by atoms with E-state index >= 15 is 0 Å². The van der Waals surface area contributed by atoms with Crippen LogP contribution in [0.2, 0.25) is 0 Å². The minimum atomic E-state index is -0.450. The Morgan fingerprint density at radius 2 is 1.67 bits per heavy atom. The van der Waals surface area contributed by atoms with E-state index in [4.69, 9.17) is 4.74 Å². The maximum absolute atomic E-state index is 14.5. The molecule has 1 aromatic heterocycles. The van der Waals surface area contributed by atoms with E-state index in [0.717, 1.165) is 16.5 Å². The highest BCUT2D eigenvalue weighted by atomic mass is 19.1. The van der Waals surface area contributed by atoms with Gasteiger partial charge in [-0.15, -0.1) is 0 Å². The fourth-order valence-corrected chi connectivity index (χ4v) is 2.83. The van der Waals surface area contributed by atoms with Crippen LogP contribution in [0, 0.1) is 19.7 Å². The average molecular weight is 359 g/mol. The Morgan fingerprint density at radius 1 is 0.889 bits per heavy atom. The molecule has 0 spiro atoms. The summed E-state index contributed by atoms with van der Waals surface area (Å²) in [6.07, 6.45) is 1.50. The first-order valence-electron chi connectivity index (χ1n) is 8.61. The van der Waals surface area contributed by atoms with Gasteiger partial charge in [-0.1, -0.05) is 18.2 Å². The Morgan fingerprint density at radius 3 is 2.44 bits per heavy atom. The van der Waals surface area contributed by atoms with Crippen molar-refractivity contribution < 1.29 is 9.13 Å². The Hall–Kier alpha value is -3.47. The fraction of sp³-hybridized carbons (Fsp3) is 0.0909. The third-order valence-electron chi connectivity index (χ3n) is 4.42. The number of aryl methyl sites for hydroxylation is 2. The number of nitrogens with zero attached hydrogens (tertiary/aromatic N) is 2. The van der Waals surface area contributed by atoms with Gasteiger partial charge in [0.15, 0.2) is 11.6 Å². The first-order chi connectivity index (χ1) is 13.1. The van der Waals surface area contributed by atoms with Gasteiger partial charge in [-0.2, -0.15) is 0 Å². The van der Waals surface area contributed by atoms with Crippen LogP contribution in [-0.2, 0) is 0 Å². The first-order valence-corrected chi connectivity index (χ1v) is 8.61. The van der Waals surface area contributed by atoms with Crippen LogP contribution in [0.5, 0.6) is 11.5 Å². The second-order valence-corrected chi connectivity index (χ2v) is 6.36. The normalized spacial score (nSPS) is 10.8. The van der Waals surface area contributed by atoms with Crippen molar-refractivity contribution >= 4 is 22.4 Å². The van der Waals surface area contributed by atoms with E-state index < -0.39 is 5.82 Å². The first kappa shape index (κ1) is 17.0. The highest BCUT2D eigenvalue weighted by Gasteiger charge is 2.09. The van der Waals surface area contributed by atoms with Crippen LogP contribution in [0.25, 0.3) is 10.9 Å². The summed E-state index contributed by atoms with van der Waals surface area (Å²) in [6.45, 7) is 4.09. The molecular formula is C22H18FN3O. The van der Waals surface area contributed by atoms with Gasteiger partial charge in [-0.05, 0) is 61.4 Å². The Kier molecular flexibility index (Phi) is 4.42. The Bertz CT molecular complexity index is 1110. The predicted molar refractivity (Wildman–Crippen MR) is 105 cm³/mol. The molecule has 0 saturated heterocycles. The molecule has 4 rings (SSSR count). The molecule has 1 N–H and O–H groups in total. The standard InChI is InChI=1S/C22H18FN3O/c1-14-10-18-20(11-15(14)2)24-13-25-22(18)26-16-8-9-21(19(23)12-16)27-17-6-4-3-5-7-17/h3-13H,1-2H3,(H,24,25,26). The average Bonchev–Trinajstić information content (AvgIpc) is 2.66. The van der Waals surface area contributed by atoms with E-state index in [1.54, 1.807) is 24.3 Å². The molecular weight excluding hydrogens is 341 g/mol. The summed E-state index contributed by atoms with van der Waals surface area (Å²) in [5, 5.41) is 4.07. The molecule has 0 saturated carbocycles. The molecule has 3 aromatic carbocycles. The zero-order chi connectivity index (χ0) is 18.8. The number of benzene rings is 3. The maximum atomic E-state index is 14.5. The Labute approximate surface area is 156 Å². The molecule has 0 atom stereocenters. The van der Waals surface area contributed by atoms with Crippen LogP contribution in [0.4, 0.5) is 15.9 Å². The summed E-state index contributed by atoms with van der Waals surface area (Å²) in [5.74, 6) is 0.948. The number of para-hydroxylation sites is 1. The molecule has 0 aliphatic rings. The van der Waals surface area contributed by atoms with Crippen molar-refractivity contribution in [2.75, 3.05) is 5.32 Å². The third kappa shape index (κ3) is 3.58. The molecule has 4 nitrogen and oxygen atoms in total. The molecule has 0 amide bonds. The van der Waals surface area contributed by atoms with Crippen LogP contribution in [0.15, 0.2) is 67.0 Å². The van der Waals surface area contributed by atoms with Gasteiger partial charge in [-0.3, -0.25) is 0 Å². The monoisotopic (exact) mass is 359 g/mol. The number of hydrogen-bond acceptors (Lipinski definition) is 4. The molecule has 4 aromatic rings. The summed E-state index contributed by atoms with van der Waals surface area (Å²) in [5.41, 5.74) is 3.75. The molecule has 1 heterocycles. The highest BCUT2D eigenvalue weighted by molar-refractivity contribution is 5.91. The summed E-state index contributed by atoms with van der Waals surface area (Å²) in [4.78, 5) is 8.64. The van der Waals surface area contributed by atoms with Crippen LogP contribution >= 0.6 is 0 Å². The lowest BCUT2D eigenvalue weighted by Crippen LogP contribution is -1.98. The number of hydrogen-bond donors (Lipinski definition) is 1. The number of nitrogens with one attached hydrogen (secondary N) is 1. The van der Waals surface area contributed by atoms with Crippen molar-refractivity contribution in [3.05, 3.63) is 83.9 Å². The SMILES string of the molecule is Cc1cc2ncnc(Nc3ccc(Oc4ccccc4)c(F)c3)c2cc1C. The van der Waals surface area contributed by atoms with Crippen molar-refractivity contribution in [2.45, 2.75) is 13.8 Å². The molecule has 0 fully saturated rings. The summed E-state index contributed by atoms with van der Waals surface area (Å²) in [7, 11) is 0. The minimum Gasteiger partial charge on any atom is -0.454 e. The van der Waals surface area contributed by atoms with Gasteiger partial charge in [0.1, 0.15) is 17.9 Å². The number of rotatable bonds is 4. The van der Waals surface area contributed by atoms with E-state index in [0.29, 0.717) is 17.3 Å². The molecule has 134 valence electrons. The third-order valence-corrected chi connectivity index (χ3v) is 4.42. The van der Waals surface area contributed by atoms with Crippen molar-refractivity contribution in [2.24, 2.45) is 0 Å². The second kappa shape index (κ2) is 7.03. The molecule has 0 radical (unpaired) electrons. The van der Waals surface area contributed by atoms with Gasteiger partial charge >= 0.3 is 0 Å². The zero-order valence-corrected chi connectivity index (χ0v) is 15.0. The summed E-state index contributed by atoms with van der Waals surface area (Å²) >= 11 is 0. The second-order valence-electron chi connectivity index (χ2n) is 6.36. The largest absolute Gasteiger partial charge is 0.454 e. The topological polar surface area (TPSA) is 47.0 Å². The van der Waals surface area contributed by atoms with Gasteiger partial charge in [0.05, 0.1) is 5.52 Å². The van der Waals surface area contributed by atoms with Crippen LogP contribution in [-0.4, -0.2) is 9.97 Å². The maximum Gasteiger partial charge on any atom is 0.167 e. The van der Waals surface area contributed by atoms with Gasteiger partial charge in [0.2, 0.25) is 0 Å². The zero-order valence-electron chi connectivity index (χ0n) is 15.0. The summed E-state index contributed by atoms with van der Waals surface area (Å²) < 4.78 is 20.1. The van der Waals surface area contributed by atoms with Crippen molar-refractivity contribution in [3.8, 4) is 11.5 Å². The van der Waals surface area contributed by atoms with Gasteiger partial charge in [-0.25, -0.2) is 14.4 Å². The Balaban J connectivity index is 1.63. The molecule has 5 heteroatoms. The fourth-order valence-electron chi connectivity index (χ4n) is 2.83. The lowest BCUT2D eigenvalue weighted by atomic mass is 10.1. The number of ether oxygens (including phenoxy) is 1. The van der Waals surface area contributed by atoms with Crippen molar-refractivity contribution in [1.29, 1.82) is 0 Å². The molecule has 0 aliphatic heterocycles. The lowest BCUT2D eigenvalue weighted by Gasteiger charge is -2.12. The van der Waals surface area contributed by atoms with Crippen molar-refractivity contribution in [3.63, 3.8) is 0 Å². The number of aromatic nitrogens is 2. The van der Waals surface area contributed by atoms with E-state index in [1.807, 2.05) is 44.2 Å². The number of anilines is 2. The van der Waals surface area contributed by atoms with Gasteiger partial charge in [0, 0.05) is 17.1 Å². The molecule has 27 heavy (non-hydrogen) atoms. The number of halogens is 1. The molecule has 0 aliphatic carbocycles. The van der Waals surface area contributed by atoms with Crippen LogP contribution in [0.3, 0.4) is 0 Å². The van der Waals surface area contributed by atoms with Crippen LogP contribution < -0.4 is 10.1 Å². The highest BCUT2D eigenvalue weighted by Crippen LogP contribution is 2.29. The number of fused-ring (bicyclic) bond motifs is 1. The smallest absolute Gasteiger partial charge is 0.167 e. The van der Waals surface area contributed by atoms with E-state index in [9.17, 15) is 4.39 Å². The lowest BCUT2D eigenvalue weighted by molar-refractivity contribution is 0.442. The van der Waals surface area contributed by atoms with E-state index in [2.05, 4.69) is 15.3 Å². The minimum absolute atomic E-state index is 0.172. The van der Waals surface area contributed by atoms with Crippen LogP contribution in [0.1, 0.15) is 11.1 Å². The molecule has 0 unspecified atom stereocenters. The van der Waals surface area contributed by atoms with Crippen molar-refractivity contribution in [1.82, 2.24) is 9.97 Å². The van der Waals surface area contributed by atoms with E-state index in [-0.39, 0.29) is 5.75 Å². The van der Waals surface area contributed by atoms with E-state index in [1.165, 1.54) is 18.0 Å². The summed E-state index contributed by atoms with van der Waals surface area (Å²) in [6, 6.07) is 17.9. The van der Waals surface area contributed by atoms with Gasteiger partial charge < -0.3 is 10.1 Å². The quantitative estimate of drug-likeness (QED) is 0.491. The predicted octanol–water partition coefficient (Wildman–Crippen LogP) is 5.92.